The molecule has 2 aromatic carbocycles. The number of fused-ring (bicyclic) bond motifs is 1. The van der Waals surface area contributed by atoms with Crippen LogP contribution < -0.4 is 5.73 Å². The summed E-state index contributed by atoms with van der Waals surface area (Å²) in [6.45, 7) is 0.433. The Kier molecular flexibility index (Phi) is 3.76. The van der Waals surface area contributed by atoms with Crippen LogP contribution >= 0.6 is 11.8 Å². The summed E-state index contributed by atoms with van der Waals surface area (Å²) >= 11 is 1.66. The van der Waals surface area contributed by atoms with Crippen molar-refractivity contribution in [1.29, 1.82) is 0 Å². The van der Waals surface area contributed by atoms with Crippen molar-refractivity contribution >= 4 is 22.7 Å². The number of halogens is 1. The van der Waals surface area contributed by atoms with Gasteiger partial charge in [0.1, 0.15) is 5.82 Å². The highest BCUT2D eigenvalue weighted by molar-refractivity contribution is 7.98. The van der Waals surface area contributed by atoms with Crippen molar-refractivity contribution in [2.24, 2.45) is 5.73 Å². The second-order valence-corrected chi connectivity index (χ2v) is 5.64. The lowest BCUT2D eigenvalue weighted by Crippen LogP contribution is -2.01. The van der Waals surface area contributed by atoms with Gasteiger partial charge in [0.25, 0.3) is 0 Å². The van der Waals surface area contributed by atoms with Crippen molar-refractivity contribution in [3.8, 4) is 0 Å². The van der Waals surface area contributed by atoms with Gasteiger partial charge in [-0.2, -0.15) is 0 Å². The Hall–Kier alpha value is -1.78. The number of thioether (sulfide) groups is 1. The molecule has 3 aromatic rings. The van der Waals surface area contributed by atoms with E-state index in [4.69, 9.17) is 5.73 Å². The van der Waals surface area contributed by atoms with Crippen molar-refractivity contribution in [3.63, 3.8) is 0 Å². The van der Waals surface area contributed by atoms with Crippen molar-refractivity contribution < 1.29 is 4.39 Å². The van der Waals surface area contributed by atoms with Crippen molar-refractivity contribution in [3.05, 3.63) is 65.5 Å². The van der Waals surface area contributed by atoms with Crippen LogP contribution in [0.3, 0.4) is 0 Å². The number of hydrogen-bond donors (Lipinski definition) is 2. The van der Waals surface area contributed by atoms with Gasteiger partial charge in [-0.1, -0.05) is 24.3 Å². The topological polar surface area (TPSA) is 41.8 Å². The molecule has 102 valence electrons. The Morgan fingerprint density at radius 3 is 2.70 bits per heavy atom. The molecule has 0 fully saturated rings. The number of para-hydroxylation sites is 1. The van der Waals surface area contributed by atoms with E-state index in [0.717, 1.165) is 21.7 Å². The van der Waals surface area contributed by atoms with E-state index in [2.05, 4.69) is 17.1 Å². The third-order valence-electron chi connectivity index (χ3n) is 3.28. The van der Waals surface area contributed by atoms with Gasteiger partial charge in [0, 0.05) is 23.2 Å². The fraction of sp³-hybridized carbons (Fsp3) is 0.125. The number of H-pyrrole nitrogens is 1. The Balaban J connectivity index is 1.80. The third kappa shape index (κ3) is 2.71. The van der Waals surface area contributed by atoms with E-state index < -0.39 is 0 Å². The van der Waals surface area contributed by atoms with E-state index in [1.54, 1.807) is 23.9 Å². The molecule has 0 aliphatic rings. The van der Waals surface area contributed by atoms with Crippen LogP contribution in [0.25, 0.3) is 10.9 Å². The predicted octanol–water partition coefficient (Wildman–Crippen LogP) is 4.06. The fourth-order valence-corrected chi connectivity index (χ4v) is 3.18. The highest BCUT2D eigenvalue weighted by Gasteiger charge is 2.06. The molecule has 0 saturated carbocycles. The number of benzene rings is 2. The lowest BCUT2D eigenvalue weighted by molar-refractivity contribution is 0.625. The second kappa shape index (κ2) is 5.69. The lowest BCUT2D eigenvalue weighted by atomic mass is 10.1. The van der Waals surface area contributed by atoms with Gasteiger partial charge in [-0.3, -0.25) is 0 Å². The molecule has 4 heteroatoms. The third-order valence-corrected chi connectivity index (χ3v) is 4.26. The molecule has 1 aromatic heterocycles. The zero-order valence-corrected chi connectivity index (χ0v) is 11.7. The lowest BCUT2D eigenvalue weighted by Gasteiger charge is -2.06. The van der Waals surface area contributed by atoms with Crippen LogP contribution in [0.1, 0.15) is 11.1 Å². The summed E-state index contributed by atoms with van der Waals surface area (Å²) in [4.78, 5) is 3.36. The fourth-order valence-electron chi connectivity index (χ4n) is 2.21. The average molecular weight is 286 g/mol. The van der Waals surface area contributed by atoms with Gasteiger partial charge in [-0.15, -0.1) is 11.8 Å². The Labute approximate surface area is 121 Å². The van der Waals surface area contributed by atoms with Gasteiger partial charge in [0.05, 0.1) is 5.03 Å². The zero-order chi connectivity index (χ0) is 13.9. The Morgan fingerprint density at radius 2 is 1.90 bits per heavy atom. The highest BCUT2D eigenvalue weighted by Crippen LogP contribution is 2.27. The van der Waals surface area contributed by atoms with Crippen molar-refractivity contribution in [1.82, 2.24) is 4.98 Å². The standard InChI is InChI=1S/C16H15FN2S/c17-14-6-5-12(9-18)13(7-14)10-20-16-8-11-3-1-2-4-15(11)19-16/h1-8,19H,9-10,18H2. The maximum atomic E-state index is 13.3. The summed E-state index contributed by atoms with van der Waals surface area (Å²) in [5, 5.41) is 2.27. The van der Waals surface area contributed by atoms with Crippen LogP contribution in [0.2, 0.25) is 0 Å². The van der Waals surface area contributed by atoms with Crippen LogP contribution in [0.15, 0.2) is 53.6 Å². The molecular weight excluding hydrogens is 271 g/mol. The first-order valence-corrected chi connectivity index (χ1v) is 7.43. The van der Waals surface area contributed by atoms with E-state index in [1.165, 1.54) is 11.5 Å². The molecule has 3 N–H and O–H groups in total. The first-order valence-electron chi connectivity index (χ1n) is 6.44. The van der Waals surface area contributed by atoms with E-state index in [-0.39, 0.29) is 5.82 Å². The maximum absolute atomic E-state index is 13.3. The zero-order valence-electron chi connectivity index (χ0n) is 10.9. The van der Waals surface area contributed by atoms with Gasteiger partial charge >= 0.3 is 0 Å². The molecule has 0 amide bonds. The summed E-state index contributed by atoms with van der Waals surface area (Å²) in [7, 11) is 0. The molecule has 3 rings (SSSR count). The van der Waals surface area contributed by atoms with E-state index in [0.29, 0.717) is 12.3 Å². The number of rotatable bonds is 4. The maximum Gasteiger partial charge on any atom is 0.123 e. The van der Waals surface area contributed by atoms with E-state index in [1.807, 2.05) is 18.2 Å². The SMILES string of the molecule is NCc1ccc(F)cc1CSc1cc2ccccc2[nH]1. The van der Waals surface area contributed by atoms with Crippen LogP contribution in [0, 0.1) is 5.82 Å². The minimum atomic E-state index is -0.213. The molecule has 0 atom stereocenters. The van der Waals surface area contributed by atoms with Crippen LogP contribution in [-0.2, 0) is 12.3 Å². The molecule has 0 aliphatic heterocycles. The quantitative estimate of drug-likeness (QED) is 0.710. The van der Waals surface area contributed by atoms with E-state index >= 15 is 0 Å². The normalized spacial score (nSPS) is 11.1. The molecule has 2 nitrogen and oxygen atoms in total. The number of hydrogen-bond acceptors (Lipinski definition) is 2. The molecule has 0 aliphatic carbocycles. The van der Waals surface area contributed by atoms with Crippen molar-refractivity contribution in [2.75, 3.05) is 0 Å². The predicted molar refractivity (Wildman–Crippen MR) is 82.2 cm³/mol. The monoisotopic (exact) mass is 286 g/mol. The van der Waals surface area contributed by atoms with Crippen LogP contribution in [0.5, 0.6) is 0 Å². The Bertz CT molecular complexity index is 703. The minimum Gasteiger partial charge on any atom is -0.350 e. The van der Waals surface area contributed by atoms with Gasteiger partial charge in [0.15, 0.2) is 0 Å². The first-order chi connectivity index (χ1) is 9.76. The number of aromatic nitrogens is 1. The number of aromatic amines is 1. The van der Waals surface area contributed by atoms with Gasteiger partial charge < -0.3 is 10.7 Å². The molecule has 0 bridgehead atoms. The van der Waals surface area contributed by atoms with Gasteiger partial charge in [0.2, 0.25) is 0 Å². The molecule has 0 saturated heterocycles. The van der Waals surface area contributed by atoms with Crippen LogP contribution in [-0.4, -0.2) is 4.98 Å². The molecular formula is C16H15FN2S. The largest absolute Gasteiger partial charge is 0.350 e. The summed E-state index contributed by atoms with van der Waals surface area (Å²) in [6.07, 6.45) is 0. The summed E-state index contributed by atoms with van der Waals surface area (Å²) < 4.78 is 13.3. The summed E-state index contributed by atoms with van der Waals surface area (Å²) in [5.41, 5.74) is 8.76. The number of nitrogens with two attached hydrogens (primary N) is 1. The highest BCUT2D eigenvalue weighted by atomic mass is 32.2. The molecule has 20 heavy (non-hydrogen) atoms. The van der Waals surface area contributed by atoms with E-state index in [9.17, 15) is 4.39 Å². The smallest absolute Gasteiger partial charge is 0.123 e. The average Bonchev–Trinajstić information content (AvgIpc) is 2.88. The van der Waals surface area contributed by atoms with Gasteiger partial charge in [-0.25, -0.2) is 4.39 Å². The second-order valence-electron chi connectivity index (χ2n) is 4.63. The molecule has 0 radical (unpaired) electrons. The molecule has 0 unspecified atom stereocenters. The summed E-state index contributed by atoms with van der Waals surface area (Å²) in [5.74, 6) is 0.492. The van der Waals surface area contributed by atoms with Crippen LogP contribution in [0.4, 0.5) is 4.39 Å². The first kappa shape index (κ1) is 13.2. The summed E-state index contributed by atoms with van der Waals surface area (Å²) in [6, 6.07) is 15.0. The molecule has 0 spiro atoms. The van der Waals surface area contributed by atoms with Crippen molar-refractivity contribution in [2.45, 2.75) is 17.3 Å². The Morgan fingerprint density at radius 1 is 1.05 bits per heavy atom. The minimum absolute atomic E-state index is 0.213. The van der Waals surface area contributed by atoms with Gasteiger partial charge in [-0.05, 0) is 35.4 Å². The number of nitrogens with one attached hydrogen (secondary N) is 1. The molecule has 1 heterocycles.